The van der Waals surface area contributed by atoms with Crippen molar-refractivity contribution in [3.05, 3.63) is 0 Å². The predicted molar refractivity (Wildman–Crippen MR) is 130 cm³/mol. The van der Waals surface area contributed by atoms with Crippen LogP contribution < -0.4 is 0 Å². The summed E-state index contributed by atoms with van der Waals surface area (Å²) in [4.78, 5) is 11.1. The molecular weight excluding hydrogens is 480 g/mol. The summed E-state index contributed by atoms with van der Waals surface area (Å²) in [6.07, 6.45) is 1.23. The van der Waals surface area contributed by atoms with Crippen LogP contribution in [0.5, 0.6) is 0 Å². The zero-order valence-corrected chi connectivity index (χ0v) is 22.0. The standard InChI is InChI=1S/C24H48O12/c1-2-3-24(26)36-23-22-35-21-20-34-19-18-33-17-16-32-15-14-31-13-12-30-11-10-29-9-8-28-7-6-27-5-4-25/h25H,2-23H2,1H3. The monoisotopic (exact) mass is 528 g/mol. The van der Waals surface area contributed by atoms with Crippen LogP contribution in [0.15, 0.2) is 0 Å². The van der Waals surface area contributed by atoms with Gasteiger partial charge < -0.3 is 52.5 Å². The summed E-state index contributed by atoms with van der Waals surface area (Å²) in [7, 11) is 0. The highest BCUT2D eigenvalue weighted by atomic mass is 16.6. The first-order valence-electron chi connectivity index (χ1n) is 12.8. The topological polar surface area (TPSA) is 130 Å². The zero-order valence-electron chi connectivity index (χ0n) is 22.0. The molecule has 0 aliphatic rings. The third-order valence-electron chi connectivity index (χ3n) is 4.16. The second kappa shape index (κ2) is 32.1. The van der Waals surface area contributed by atoms with Crippen molar-refractivity contribution in [1.82, 2.24) is 0 Å². The number of rotatable bonds is 31. The van der Waals surface area contributed by atoms with Crippen LogP contribution in [-0.2, 0) is 52.2 Å². The Balaban J connectivity index is 3.04. The number of hydrogen-bond donors (Lipinski definition) is 1. The van der Waals surface area contributed by atoms with Gasteiger partial charge in [-0.25, -0.2) is 0 Å². The fourth-order valence-electron chi connectivity index (χ4n) is 2.42. The van der Waals surface area contributed by atoms with Crippen LogP contribution in [0.1, 0.15) is 19.8 Å². The van der Waals surface area contributed by atoms with Gasteiger partial charge in [0.15, 0.2) is 0 Å². The van der Waals surface area contributed by atoms with Crippen molar-refractivity contribution in [2.45, 2.75) is 19.8 Å². The molecule has 0 unspecified atom stereocenters. The van der Waals surface area contributed by atoms with Crippen LogP contribution in [0.25, 0.3) is 0 Å². The van der Waals surface area contributed by atoms with Crippen molar-refractivity contribution >= 4 is 5.97 Å². The van der Waals surface area contributed by atoms with Gasteiger partial charge in [0.2, 0.25) is 0 Å². The van der Waals surface area contributed by atoms with Gasteiger partial charge in [0.1, 0.15) is 6.61 Å². The molecule has 36 heavy (non-hydrogen) atoms. The first kappa shape index (κ1) is 35.1. The molecule has 0 aromatic heterocycles. The fraction of sp³-hybridized carbons (Fsp3) is 0.958. The van der Waals surface area contributed by atoms with E-state index in [0.717, 1.165) is 6.42 Å². The van der Waals surface area contributed by atoms with Gasteiger partial charge in [0.05, 0.1) is 126 Å². The molecule has 0 atom stereocenters. The second-order valence-corrected chi connectivity index (χ2v) is 7.21. The number of aliphatic hydroxyl groups is 1. The Morgan fingerprint density at radius 3 is 0.944 bits per heavy atom. The van der Waals surface area contributed by atoms with Gasteiger partial charge in [-0.3, -0.25) is 4.79 Å². The predicted octanol–water partition coefficient (Wildman–Crippen LogP) is 0.471. The molecule has 0 radical (unpaired) electrons. The first-order chi connectivity index (χ1) is 17.8. The Morgan fingerprint density at radius 1 is 0.444 bits per heavy atom. The summed E-state index contributed by atoms with van der Waals surface area (Å²) < 4.78 is 53.1. The summed E-state index contributed by atoms with van der Waals surface area (Å²) in [6, 6.07) is 0. The average molecular weight is 529 g/mol. The third kappa shape index (κ3) is 31.1. The van der Waals surface area contributed by atoms with Gasteiger partial charge >= 0.3 is 5.97 Å². The average Bonchev–Trinajstić information content (AvgIpc) is 2.88. The highest BCUT2D eigenvalue weighted by Crippen LogP contribution is 1.91. The molecule has 12 heteroatoms. The van der Waals surface area contributed by atoms with Crippen LogP contribution >= 0.6 is 0 Å². The molecule has 0 aliphatic carbocycles. The van der Waals surface area contributed by atoms with Crippen LogP contribution in [0.3, 0.4) is 0 Å². The molecule has 0 spiro atoms. The van der Waals surface area contributed by atoms with Crippen LogP contribution in [0, 0.1) is 0 Å². The van der Waals surface area contributed by atoms with Gasteiger partial charge in [-0.05, 0) is 6.42 Å². The summed E-state index contributed by atoms with van der Waals surface area (Å²) >= 11 is 0. The van der Waals surface area contributed by atoms with E-state index in [1.165, 1.54) is 0 Å². The lowest BCUT2D eigenvalue weighted by molar-refractivity contribution is -0.145. The molecule has 0 heterocycles. The van der Waals surface area contributed by atoms with Crippen LogP contribution in [0.4, 0.5) is 0 Å². The van der Waals surface area contributed by atoms with Crippen LogP contribution in [0.2, 0.25) is 0 Å². The van der Waals surface area contributed by atoms with Crippen molar-refractivity contribution < 1.29 is 57.3 Å². The number of carbonyl (C=O) groups excluding carboxylic acids is 1. The number of hydrogen-bond acceptors (Lipinski definition) is 12. The molecule has 0 aromatic carbocycles. The second-order valence-electron chi connectivity index (χ2n) is 7.21. The van der Waals surface area contributed by atoms with E-state index in [-0.39, 0.29) is 19.2 Å². The lowest BCUT2D eigenvalue weighted by Crippen LogP contribution is -2.15. The van der Waals surface area contributed by atoms with E-state index >= 15 is 0 Å². The van der Waals surface area contributed by atoms with E-state index in [1.807, 2.05) is 6.92 Å². The molecule has 12 nitrogen and oxygen atoms in total. The van der Waals surface area contributed by atoms with E-state index in [9.17, 15) is 4.79 Å². The van der Waals surface area contributed by atoms with Crippen molar-refractivity contribution in [2.24, 2.45) is 0 Å². The normalized spacial score (nSPS) is 11.3. The van der Waals surface area contributed by atoms with Crippen molar-refractivity contribution in [2.75, 3.05) is 132 Å². The molecule has 0 bridgehead atoms. The van der Waals surface area contributed by atoms with Gasteiger partial charge in [0, 0.05) is 6.42 Å². The molecule has 0 saturated heterocycles. The fourth-order valence-corrected chi connectivity index (χ4v) is 2.42. The summed E-state index contributed by atoms with van der Waals surface area (Å²) in [5, 5.41) is 8.55. The van der Waals surface area contributed by atoms with E-state index in [4.69, 9.17) is 52.5 Å². The minimum Gasteiger partial charge on any atom is -0.463 e. The van der Waals surface area contributed by atoms with Crippen molar-refractivity contribution in [1.29, 1.82) is 0 Å². The Hall–Kier alpha value is -0.930. The molecule has 0 saturated carbocycles. The van der Waals surface area contributed by atoms with Crippen molar-refractivity contribution in [3.8, 4) is 0 Å². The zero-order chi connectivity index (χ0) is 26.2. The van der Waals surface area contributed by atoms with Crippen molar-refractivity contribution in [3.63, 3.8) is 0 Å². The Kier molecular flexibility index (Phi) is 31.3. The van der Waals surface area contributed by atoms with E-state index in [0.29, 0.717) is 125 Å². The number of carbonyl (C=O) groups is 1. The lowest BCUT2D eigenvalue weighted by Gasteiger charge is -2.09. The molecule has 0 aliphatic heterocycles. The summed E-state index contributed by atoms with van der Waals surface area (Å²) in [5.41, 5.74) is 0. The largest absolute Gasteiger partial charge is 0.463 e. The first-order valence-corrected chi connectivity index (χ1v) is 12.8. The summed E-state index contributed by atoms with van der Waals surface area (Å²) in [6.45, 7) is 10.8. The Labute approximate surface area is 215 Å². The lowest BCUT2D eigenvalue weighted by atomic mass is 10.3. The SMILES string of the molecule is CCCC(=O)OCCOCCOCCOCCOCCOCCOCCOCCOCCOCCO. The van der Waals surface area contributed by atoms with E-state index in [1.54, 1.807) is 0 Å². The molecular formula is C24H48O12. The molecule has 1 N–H and O–H groups in total. The minimum absolute atomic E-state index is 0.0246. The minimum atomic E-state index is -0.188. The third-order valence-corrected chi connectivity index (χ3v) is 4.16. The Morgan fingerprint density at radius 2 is 0.694 bits per heavy atom. The van der Waals surface area contributed by atoms with Gasteiger partial charge in [-0.2, -0.15) is 0 Å². The van der Waals surface area contributed by atoms with Gasteiger partial charge in [0.25, 0.3) is 0 Å². The highest BCUT2D eigenvalue weighted by molar-refractivity contribution is 5.69. The highest BCUT2D eigenvalue weighted by Gasteiger charge is 2.00. The summed E-state index contributed by atoms with van der Waals surface area (Å²) in [5.74, 6) is -0.188. The maximum absolute atomic E-state index is 11.1. The number of ether oxygens (including phenoxy) is 10. The smallest absolute Gasteiger partial charge is 0.305 e. The quantitative estimate of drug-likeness (QED) is 0.0992. The van der Waals surface area contributed by atoms with E-state index in [2.05, 4.69) is 0 Å². The van der Waals surface area contributed by atoms with E-state index < -0.39 is 0 Å². The van der Waals surface area contributed by atoms with Crippen LogP contribution in [-0.4, -0.2) is 143 Å². The molecule has 0 rings (SSSR count). The Bertz CT molecular complexity index is 428. The molecule has 0 aromatic rings. The molecule has 0 fully saturated rings. The number of esters is 1. The number of aliphatic hydroxyl groups excluding tert-OH is 1. The maximum atomic E-state index is 11.1. The molecule has 216 valence electrons. The van der Waals surface area contributed by atoms with Gasteiger partial charge in [-0.1, -0.05) is 6.92 Å². The van der Waals surface area contributed by atoms with Gasteiger partial charge in [-0.15, -0.1) is 0 Å². The maximum Gasteiger partial charge on any atom is 0.305 e. The molecule has 0 amide bonds.